The van der Waals surface area contributed by atoms with Crippen LogP contribution in [0.2, 0.25) is 0 Å². The Morgan fingerprint density at radius 3 is 2.62 bits per heavy atom. The second-order valence-electron chi connectivity index (χ2n) is 5.08. The Hall–Kier alpha value is -3.00. The highest BCUT2D eigenvalue weighted by Gasteiger charge is 2.08. The molecule has 0 saturated carbocycles. The molecule has 8 heteroatoms. The fraction of sp³-hybridized carbons (Fsp3) is 0.125. The third kappa shape index (κ3) is 4.05. The molecule has 0 bridgehead atoms. The second kappa shape index (κ2) is 7.51. The maximum atomic E-state index is 12.0. The molecule has 1 heterocycles. The molecule has 0 aliphatic heterocycles. The second-order valence-corrected chi connectivity index (χ2v) is 5.49. The van der Waals surface area contributed by atoms with Crippen molar-refractivity contribution >= 4 is 34.3 Å². The summed E-state index contributed by atoms with van der Waals surface area (Å²) >= 11 is 5.12. The summed E-state index contributed by atoms with van der Waals surface area (Å²) in [6.45, 7) is 0.630. The van der Waals surface area contributed by atoms with Gasteiger partial charge in [0.2, 0.25) is 0 Å². The standard InChI is InChI=1S/C16H16N6OS/c23-15(11-22-14-9-5-4-8-13(14)18-21-22)19-20-16(24)17-10-12-6-2-1-3-7-12/h1-9H,10-11H2,(H,19,23)(H2,17,20,24). The summed E-state index contributed by atoms with van der Waals surface area (Å²) in [5, 5.41) is 11.3. The molecule has 0 radical (unpaired) electrons. The maximum absolute atomic E-state index is 12.0. The van der Waals surface area contributed by atoms with E-state index in [1.165, 1.54) is 4.68 Å². The van der Waals surface area contributed by atoms with Gasteiger partial charge in [-0.1, -0.05) is 47.7 Å². The van der Waals surface area contributed by atoms with Gasteiger partial charge in [0.15, 0.2) is 5.11 Å². The van der Waals surface area contributed by atoms with Crippen LogP contribution in [0.4, 0.5) is 0 Å². The quantitative estimate of drug-likeness (QED) is 0.488. The summed E-state index contributed by atoms with van der Waals surface area (Å²) in [6, 6.07) is 17.3. The molecule has 3 N–H and O–H groups in total. The van der Waals surface area contributed by atoms with E-state index in [-0.39, 0.29) is 12.5 Å². The smallest absolute Gasteiger partial charge is 0.260 e. The molecular weight excluding hydrogens is 324 g/mol. The molecule has 0 spiro atoms. The third-order valence-corrected chi connectivity index (χ3v) is 3.57. The van der Waals surface area contributed by atoms with Gasteiger partial charge in [-0.2, -0.15) is 0 Å². The lowest BCUT2D eigenvalue weighted by Gasteiger charge is -2.11. The number of benzene rings is 2. The van der Waals surface area contributed by atoms with Crippen LogP contribution in [0.3, 0.4) is 0 Å². The molecule has 0 saturated heterocycles. The predicted molar refractivity (Wildman–Crippen MR) is 94.7 cm³/mol. The first-order valence-electron chi connectivity index (χ1n) is 7.37. The van der Waals surface area contributed by atoms with Crippen LogP contribution in [-0.2, 0) is 17.9 Å². The van der Waals surface area contributed by atoms with Crippen molar-refractivity contribution in [2.45, 2.75) is 13.1 Å². The van der Waals surface area contributed by atoms with Gasteiger partial charge in [-0.15, -0.1) is 5.10 Å². The number of para-hydroxylation sites is 1. The normalized spacial score (nSPS) is 10.3. The van der Waals surface area contributed by atoms with E-state index in [1.807, 2.05) is 54.6 Å². The lowest BCUT2D eigenvalue weighted by atomic mass is 10.2. The van der Waals surface area contributed by atoms with Gasteiger partial charge in [-0.05, 0) is 29.9 Å². The molecule has 0 unspecified atom stereocenters. The van der Waals surface area contributed by atoms with Gasteiger partial charge in [-0.3, -0.25) is 15.6 Å². The molecule has 122 valence electrons. The van der Waals surface area contributed by atoms with Crippen LogP contribution in [0, 0.1) is 0 Å². The highest BCUT2D eigenvalue weighted by atomic mass is 32.1. The van der Waals surface area contributed by atoms with E-state index in [2.05, 4.69) is 26.5 Å². The van der Waals surface area contributed by atoms with Crippen LogP contribution < -0.4 is 16.2 Å². The minimum absolute atomic E-state index is 0.0504. The number of aromatic nitrogens is 3. The Morgan fingerprint density at radius 2 is 1.79 bits per heavy atom. The molecule has 1 aromatic heterocycles. The van der Waals surface area contributed by atoms with E-state index in [4.69, 9.17) is 12.2 Å². The molecule has 7 nitrogen and oxygen atoms in total. The van der Waals surface area contributed by atoms with Gasteiger partial charge < -0.3 is 5.32 Å². The van der Waals surface area contributed by atoms with Crippen molar-refractivity contribution < 1.29 is 4.79 Å². The molecule has 3 rings (SSSR count). The summed E-state index contributed by atoms with van der Waals surface area (Å²) in [5.74, 6) is -0.269. The van der Waals surface area contributed by atoms with E-state index in [0.29, 0.717) is 11.7 Å². The number of thiocarbonyl (C=S) groups is 1. The molecule has 2 aromatic carbocycles. The van der Waals surface area contributed by atoms with Gasteiger partial charge in [0.25, 0.3) is 5.91 Å². The minimum Gasteiger partial charge on any atom is -0.357 e. The zero-order valence-corrected chi connectivity index (χ0v) is 13.6. The van der Waals surface area contributed by atoms with Crippen LogP contribution in [0.15, 0.2) is 54.6 Å². The largest absolute Gasteiger partial charge is 0.357 e. The summed E-state index contributed by atoms with van der Waals surface area (Å²) in [7, 11) is 0. The van der Waals surface area contributed by atoms with Crippen molar-refractivity contribution in [1.29, 1.82) is 0 Å². The first-order valence-corrected chi connectivity index (χ1v) is 7.78. The fourth-order valence-electron chi connectivity index (χ4n) is 2.16. The lowest BCUT2D eigenvalue weighted by Crippen LogP contribution is -2.47. The zero-order valence-electron chi connectivity index (χ0n) is 12.8. The summed E-state index contributed by atoms with van der Waals surface area (Å²) < 4.78 is 1.53. The lowest BCUT2D eigenvalue weighted by molar-refractivity contribution is -0.122. The van der Waals surface area contributed by atoms with E-state index < -0.39 is 0 Å². The zero-order chi connectivity index (χ0) is 16.8. The molecule has 1 amide bonds. The van der Waals surface area contributed by atoms with Crippen LogP contribution in [0.25, 0.3) is 11.0 Å². The first-order chi connectivity index (χ1) is 11.7. The summed E-state index contributed by atoms with van der Waals surface area (Å²) in [5.41, 5.74) is 7.86. The van der Waals surface area contributed by atoms with E-state index >= 15 is 0 Å². The molecule has 0 aliphatic carbocycles. The molecule has 3 aromatic rings. The Kier molecular flexibility index (Phi) is 4.97. The molecule has 0 fully saturated rings. The average molecular weight is 340 g/mol. The van der Waals surface area contributed by atoms with Crippen LogP contribution in [0.5, 0.6) is 0 Å². The number of carbonyl (C=O) groups excluding carboxylic acids is 1. The molecule has 24 heavy (non-hydrogen) atoms. The molecule has 0 aliphatic rings. The number of rotatable bonds is 4. The van der Waals surface area contributed by atoms with Crippen molar-refractivity contribution in [3.8, 4) is 0 Å². The van der Waals surface area contributed by atoms with Gasteiger partial charge in [0.05, 0.1) is 5.52 Å². The number of hydrogen-bond donors (Lipinski definition) is 3. The summed E-state index contributed by atoms with van der Waals surface area (Å²) in [6.07, 6.45) is 0. The topological polar surface area (TPSA) is 83.9 Å². The predicted octanol–water partition coefficient (Wildman–Crippen LogP) is 1.13. The number of fused-ring (bicyclic) bond motifs is 1. The van der Waals surface area contributed by atoms with Gasteiger partial charge in [0, 0.05) is 6.54 Å². The van der Waals surface area contributed by atoms with Crippen molar-refractivity contribution in [3.05, 3.63) is 60.2 Å². The Balaban J connectivity index is 1.46. The minimum atomic E-state index is -0.269. The first kappa shape index (κ1) is 15.9. The maximum Gasteiger partial charge on any atom is 0.260 e. The Labute approximate surface area is 144 Å². The number of nitrogens with one attached hydrogen (secondary N) is 3. The van der Waals surface area contributed by atoms with Crippen molar-refractivity contribution in [3.63, 3.8) is 0 Å². The van der Waals surface area contributed by atoms with Gasteiger partial charge >= 0.3 is 0 Å². The Bertz CT molecular complexity index is 848. The average Bonchev–Trinajstić information content (AvgIpc) is 3.02. The fourth-order valence-corrected chi connectivity index (χ4v) is 2.28. The van der Waals surface area contributed by atoms with Crippen molar-refractivity contribution in [1.82, 2.24) is 31.2 Å². The highest BCUT2D eigenvalue weighted by molar-refractivity contribution is 7.80. The number of hydrogen-bond acceptors (Lipinski definition) is 4. The number of hydrazine groups is 1. The molecule has 0 atom stereocenters. The van der Waals surface area contributed by atoms with Crippen molar-refractivity contribution in [2.24, 2.45) is 0 Å². The number of nitrogens with zero attached hydrogens (tertiary/aromatic N) is 3. The van der Waals surface area contributed by atoms with Crippen LogP contribution in [-0.4, -0.2) is 26.0 Å². The van der Waals surface area contributed by atoms with Crippen LogP contribution in [0.1, 0.15) is 5.56 Å². The van der Waals surface area contributed by atoms with Gasteiger partial charge in [-0.25, -0.2) is 4.68 Å². The van der Waals surface area contributed by atoms with Crippen molar-refractivity contribution in [2.75, 3.05) is 0 Å². The van der Waals surface area contributed by atoms with Gasteiger partial charge in [0.1, 0.15) is 12.1 Å². The number of carbonyl (C=O) groups is 1. The summed E-state index contributed by atoms with van der Waals surface area (Å²) in [4.78, 5) is 12.0. The highest BCUT2D eigenvalue weighted by Crippen LogP contribution is 2.08. The van der Waals surface area contributed by atoms with E-state index in [1.54, 1.807) is 0 Å². The van der Waals surface area contributed by atoms with E-state index in [9.17, 15) is 4.79 Å². The number of amides is 1. The monoisotopic (exact) mass is 340 g/mol. The third-order valence-electron chi connectivity index (χ3n) is 3.32. The van der Waals surface area contributed by atoms with Crippen LogP contribution >= 0.6 is 12.2 Å². The van der Waals surface area contributed by atoms with E-state index in [0.717, 1.165) is 16.6 Å². The Morgan fingerprint density at radius 1 is 1.04 bits per heavy atom. The molecular formula is C16H16N6OS. The SMILES string of the molecule is O=C(Cn1nnc2ccccc21)NNC(=S)NCc1ccccc1.